The first-order valence-electron chi connectivity index (χ1n) is 31.3. The second-order valence-corrected chi connectivity index (χ2v) is 62.2. The standard InChI is InChI=1S/C62H84S6.6CH3.2Sn/c1-7-13-19-25-31-45-41-49(35-29-23-17-11-5)65-57(45)59-47(33-27-21-15-9-3)43-53(67-59)55-51-37-39-64-62(51)56(52-38-40-63-61(52)55)54-44-48(34-28-22-16-10-4)60(68-54)58-46(32-26-20-14-8-2)42-50(66-58)36-30-24-18-12-6;;;;;;;;/h37-38,41-44H,7-36H2,1-6H3;6*1H3;;. The molecule has 1 aromatic carbocycles. The maximum atomic E-state index is 2.78. The summed E-state index contributed by atoms with van der Waals surface area (Å²) in [7, 11) is 0. The number of thiophene rings is 6. The molecule has 0 amide bonds. The first-order chi connectivity index (χ1) is 36.7. The van der Waals surface area contributed by atoms with E-state index in [9.17, 15) is 0 Å². The van der Waals surface area contributed by atoms with E-state index in [2.05, 4.69) is 176 Å². The van der Waals surface area contributed by atoms with Gasteiger partial charge in [0.1, 0.15) is 0 Å². The van der Waals surface area contributed by atoms with Crippen molar-refractivity contribution in [3.63, 3.8) is 0 Å². The molecule has 0 aliphatic rings. The molecule has 0 spiro atoms. The molecule has 0 saturated carbocycles. The van der Waals surface area contributed by atoms with Crippen LogP contribution in [0.3, 0.4) is 0 Å². The second-order valence-electron chi connectivity index (χ2n) is 24.9. The molecular formula is C68H102S6Sn2. The van der Waals surface area contributed by atoms with Gasteiger partial charge in [0.25, 0.3) is 0 Å². The molecule has 0 aliphatic carbocycles. The second kappa shape index (κ2) is 31.3. The van der Waals surface area contributed by atoms with Gasteiger partial charge in [-0.25, -0.2) is 0 Å². The Morgan fingerprint density at radius 3 is 0.855 bits per heavy atom. The van der Waals surface area contributed by atoms with E-state index in [1.807, 2.05) is 0 Å². The fourth-order valence-corrected chi connectivity index (χ4v) is 29.7. The van der Waals surface area contributed by atoms with Gasteiger partial charge in [0.05, 0.1) is 0 Å². The Morgan fingerprint density at radius 1 is 0.289 bits per heavy atom. The molecule has 0 saturated heterocycles. The van der Waals surface area contributed by atoms with Crippen LogP contribution in [0.1, 0.15) is 228 Å². The van der Waals surface area contributed by atoms with E-state index in [0.717, 1.165) is 0 Å². The van der Waals surface area contributed by atoms with Gasteiger partial charge in [-0.3, -0.25) is 0 Å². The Hall–Kier alpha value is -0.463. The van der Waals surface area contributed by atoms with Gasteiger partial charge in [-0.15, -0.1) is 0 Å². The van der Waals surface area contributed by atoms with Gasteiger partial charge in [0.15, 0.2) is 0 Å². The predicted octanol–water partition coefficient (Wildman–Crippen LogP) is 24.9. The Balaban J connectivity index is 1.47. The van der Waals surface area contributed by atoms with Crippen LogP contribution < -0.4 is 5.79 Å². The van der Waals surface area contributed by atoms with E-state index in [4.69, 9.17) is 0 Å². The van der Waals surface area contributed by atoms with Crippen molar-refractivity contribution in [2.45, 2.75) is 264 Å². The molecule has 0 N–H and O–H groups in total. The van der Waals surface area contributed by atoms with Gasteiger partial charge in [0.2, 0.25) is 0 Å². The molecule has 7 aromatic rings. The zero-order chi connectivity index (χ0) is 54.2. The number of fused-ring (bicyclic) bond motifs is 2. The molecule has 0 bridgehead atoms. The van der Waals surface area contributed by atoms with Crippen LogP contribution >= 0.6 is 68.0 Å². The van der Waals surface area contributed by atoms with Crippen molar-refractivity contribution in [3.8, 4) is 40.4 Å². The van der Waals surface area contributed by atoms with Crippen LogP contribution in [0.4, 0.5) is 0 Å². The van der Waals surface area contributed by atoms with Crippen molar-refractivity contribution >= 4 is 131 Å². The van der Waals surface area contributed by atoms with Crippen molar-refractivity contribution in [2.24, 2.45) is 0 Å². The Bertz CT molecular complexity index is 2590. The quantitative estimate of drug-likeness (QED) is 0.0271. The topological polar surface area (TPSA) is 0 Å². The number of unbranched alkanes of at least 4 members (excludes halogenated alkanes) is 18. The first kappa shape index (κ1) is 63.1. The number of hydrogen-bond donors (Lipinski definition) is 0. The maximum absolute atomic E-state index is 2.78. The summed E-state index contributed by atoms with van der Waals surface area (Å²) in [5.74, 6) is 0. The van der Waals surface area contributed by atoms with E-state index in [1.165, 1.54) is 193 Å². The molecule has 0 radical (unpaired) electrons. The Labute approximate surface area is 497 Å². The molecular weight excluding hydrogens is 1250 g/mol. The van der Waals surface area contributed by atoms with E-state index in [1.54, 1.807) is 98.4 Å². The van der Waals surface area contributed by atoms with Crippen molar-refractivity contribution in [1.82, 2.24) is 0 Å². The first-order valence-corrected chi connectivity index (χ1v) is 56.2. The van der Waals surface area contributed by atoms with Crippen molar-refractivity contribution in [1.29, 1.82) is 0 Å². The number of hydrogen-bond acceptors (Lipinski definition) is 6. The third-order valence-electron chi connectivity index (χ3n) is 15.9. The summed E-state index contributed by atoms with van der Waals surface area (Å²) in [5.41, 5.74) is 9.74. The van der Waals surface area contributed by atoms with Crippen molar-refractivity contribution in [2.75, 3.05) is 0 Å². The molecule has 418 valence electrons. The third-order valence-corrected chi connectivity index (χ3v) is 42.3. The molecule has 6 heterocycles. The average molecular weight is 1350 g/mol. The van der Waals surface area contributed by atoms with Crippen LogP contribution in [-0.2, 0) is 38.5 Å². The van der Waals surface area contributed by atoms with Gasteiger partial charge in [0, 0.05) is 0 Å². The number of rotatable bonds is 36. The molecule has 8 heteroatoms. The van der Waals surface area contributed by atoms with Crippen molar-refractivity contribution < 1.29 is 0 Å². The summed E-state index contributed by atoms with van der Waals surface area (Å²) in [5, 5.41) is 3.14. The minimum absolute atomic E-state index is 1.19. The molecule has 0 fully saturated rings. The summed E-state index contributed by atoms with van der Waals surface area (Å²) < 4.78 is 6.64. The number of benzene rings is 1. The van der Waals surface area contributed by atoms with E-state index in [-0.39, 0.29) is 0 Å². The zero-order valence-corrected chi connectivity index (χ0v) is 60.7. The molecule has 7 rings (SSSR count). The Morgan fingerprint density at radius 2 is 0.566 bits per heavy atom. The molecule has 6 aromatic heterocycles. The van der Waals surface area contributed by atoms with Crippen LogP contribution in [0.2, 0.25) is 29.6 Å². The zero-order valence-electron chi connectivity index (χ0n) is 50.1. The monoisotopic (exact) mass is 1350 g/mol. The molecule has 0 atom stereocenters. The van der Waals surface area contributed by atoms with Gasteiger partial charge in [-0.05, 0) is 0 Å². The van der Waals surface area contributed by atoms with Crippen LogP contribution in [0.5, 0.6) is 0 Å². The fraction of sp³-hybridized carbons (Fsp3) is 0.618. The van der Waals surface area contributed by atoms with E-state index in [0.29, 0.717) is 0 Å². The summed E-state index contributed by atoms with van der Waals surface area (Å²) in [4.78, 5) is 28.8. The molecule has 0 nitrogen and oxygen atoms in total. The van der Waals surface area contributed by atoms with Crippen molar-refractivity contribution in [3.05, 3.63) is 68.4 Å². The summed E-state index contributed by atoms with van der Waals surface area (Å²) in [6.45, 7) is 14.2. The van der Waals surface area contributed by atoms with Crippen LogP contribution in [0, 0.1) is 0 Å². The van der Waals surface area contributed by atoms with Crippen LogP contribution in [-0.4, -0.2) is 36.8 Å². The number of aryl methyl sites for hydroxylation is 6. The molecule has 0 unspecified atom stereocenters. The predicted molar refractivity (Wildman–Crippen MR) is 363 cm³/mol. The van der Waals surface area contributed by atoms with E-state index < -0.39 is 36.8 Å². The van der Waals surface area contributed by atoms with Crippen LogP contribution in [0.25, 0.3) is 60.6 Å². The fourth-order valence-electron chi connectivity index (χ4n) is 11.3. The van der Waals surface area contributed by atoms with Gasteiger partial charge >= 0.3 is 398 Å². The normalized spacial score (nSPS) is 12.5. The van der Waals surface area contributed by atoms with E-state index >= 15 is 0 Å². The Kier molecular flexibility index (Phi) is 26.0. The summed E-state index contributed by atoms with van der Waals surface area (Å²) in [6, 6.07) is 16.4. The van der Waals surface area contributed by atoms with Gasteiger partial charge < -0.3 is 0 Å². The summed E-state index contributed by atoms with van der Waals surface area (Å²) in [6.07, 6.45) is 39.1. The SMILES string of the molecule is CCCCCCc1cc(CCCCCC)c(-c2sc(-c3c4c[c]([Sn]([CH3])([CH3])[CH3])sc4c(-c4cc(CCCCCC)c(-c5sc(CCCCCC)cc5CCCCCC)s4)c4c[c]([Sn]([CH3])([CH3])[CH3])sc34)cc2CCCCCC)s1. The molecule has 76 heavy (non-hydrogen) atoms. The molecule has 0 aliphatic heterocycles. The average Bonchev–Trinajstić information content (AvgIpc) is 4.27. The van der Waals surface area contributed by atoms with Gasteiger partial charge in [-0.1, -0.05) is 106 Å². The minimum atomic E-state index is -2.55. The van der Waals surface area contributed by atoms with Gasteiger partial charge in [-0.2, -0.15) is 0 Å². The third kappa shape index (κ3) is 16.8. The summed E-state index contributed by atoms with van der Waals surface area (Å²) >= 11 is 8.10. The van der Waals surface area contributed by atoms with Crippen LogP contribution in [0.15, 0.2) is 36.4 Å².